The SMILES string of the molecule is CC(C)CCCCCC=CC(=O)OS. The van der Waals surface area contributed by atoms with Crippen molar-refractivity contribution in [3.05, 3.63) is 12.2 Å². The van der Waals surface area contributed by atoms with Crippen molar-refractivity contribution < 1.29 is 8.98 Å². The van der Waals surface area contributed by atoms with Crippen LogP contribution in [0.2, 0.25) is 0 Å². The predicted molar refractivity (Wildman–Crippen MR) is 62.1 cm³/mol. The van der Waals surface area contributed by atoms with Crippen LogP contribution >= 0.6 is 12.9 Å². The molecule has 0 aromatic carbocycles. The number of unbranched alkanes of at least 4 members (excludes halogenated alkanes) is 3. The molecule has 0 aliphatic heterocycles. The molecule has 0 aliphatic carbocycles. The molecular weight excluding hydrogens is 196 g/mol. The van der Waals surface area contributed by atoms with E-state index in [0.717, 1.165) is 18.8 Å². The fourth-order valence-electron chi connectivity index (χ4n) is 1.20. The van der Waals surface area contributed by atoms with E-state index < -0.39 is 5.97 Å². The summed E-state index contributed by atoms with van der Waals surface area (Å²) in [5, 5.41) is 0. The Balaban J connectivity index is 3.21. The van der Waals surface area contributed by atoms with Crippen LogP contribution in [0.3, 0.4) is 0 Å². The summed E-state index contributed by atoms with van der Waals surface area (Å²) in [6, 6.07) is 0. The average Bonchev–Trinajstić information content (AvgIpc) is 2.15. The first-order valence-electron chi connectivity index (χ1n) is 5.18. The molecule has 0 aliphatic rings. The standard InChI is InChI=1S/C11H20O2S/c1-10(2)8-6-4-3-5-7-9-11(12)13-14/h7,9-10,14H,3-6,8H2,1-2H3. The molecule has 14 heavy (non-hydrogen) atoms. The number of carbonyl (C=O) groups is 1. The maximum absolute atomic E-state index is 10.6. The van der Waals surface area contributed by atoms with E-state index in [1.807, 2.05) is 6.08 Å². The highest BCUT2D eigenvalue weighted by Crippen LogP contribution is 2.09. The average molecular weight is 216 g/mol. The first kappa shape index (κ1) is 13.6. The Hall–Kier alpha value is -0.440. The van der Waals surface area contributed by atoms with Gasteiger partial charge in [0.2, 0.25) is 0 Å². The van der Waals surface area contributed by atoms with Crippen LogP contribution < -0.4 is 0 Å². The van der Waals surface area contributed by atoms with E-state index in [2.05, 4.69) is 30.9 Å². The zero-order chi connectivity index (χ0) is 10.8. The second kappa shape index (κ2) is 9.13. The molecule has 0 aromatic rings. The van der Waals surface area contributed by atoms with Gasteiger partial charge in [-0.05, 0) is 18.8 Å². The zero-order valence-corrected chi connectivity index (χ0v) is 9.93. The Morgan fingerprint density at radius 1 is 1.36 bits per heavy atom. The smallest absolute Gasteiger partial charge is 0.342 e. The molecule has 0 rings (SSSR count). The van der Waals surface area contributed by atoms with Crippen molar-refractivity contribution in [2.24, 2.45) is 5.92 Å². The summed E-state index contributed by atoms with van der Waals surface area (Å²) < 4.78 is 4.18. The highest BCUT2D eigenvalue weighted by Gasteiger charge is 1.94. The van der Waals surface area contributed by atoms with Crippen LogP contribution in [0, 0.1) is 5.92 Å². The molecular formula is C11H20O2S. The van der Waals surface area contributed by atoms with Crippen molar-refractivity contribution in [3.63, 3.8) is 0 Å². The van der Waals surface area contributed by atoms with Gasteiger partial charge in [-0.1, -0.05) is 39.2 Å². The molecule has 0 radical (unpaired) electrons. The maximum Gasteiger partial charge on any atom is 0.342 e. The number of allylic oxidation sites excluding steroid dienone is 1. The Morgan fingerprint density at radius 2 is 2.07 bits per heavy atom. The quantitative estimate of drug-likeness (QED) is 0.305. The normalized spacial score (nSPS) is 11.1. The van der Waals surface area contributed by atoms with Crippen molar-refractivity contribution >= 4 is 18.9 Å². The third kappa shape index (κ3) is 9.65. The summed E-state index contributed by atoms with van der Waals surface area (Å²) in [5.41, 5.74) is 0. The monoisotopic (exact) mass is 216 g/mol. The summed E-state index contributed by atoms with van der Waals surface area (Å²) in [7, 11) is 0. The molecule has 0 spiro atoms. The van der Waals surface area contributed by atoms with Crippen LogP contribution in [-0.2, 0) is 8.98 Å². The van der Waals surface area contributed by atoms with Crippen LogP contribution in [0.5, 0.6) is 0 Å². The zero-order valence-electron chi connectivity index (χ0n) is 9.03. The van der Waals surface area contributed by atoms with Gasteiger partial charge < -0.3 is 4.18 Å². The van der Waals surface area contributed by atoms with Crippen LogP contribution in [0.1, 0.15) is 46.0 Å². The van der Waals surface area contributed by atoms with Gasteiger partial charge >= 0.3 is 5.97 Å². The fourth-order valence-corrected chi connectivity index (χ4v) is 1.26. The Labute approximate surface area is 92.3 Å². The molecule has 0 bridgehead atoms. The minimum absolute atomic E-state index is 0.393. The second-order valence-corrected chi connectivity index (χ2v) is 4.03. The van der Waals surface area contributed by atoms with E-state index in [0.29, 0.717) is 0 Å². The van der Waals surface area contributed by atoms with Gasteiger partial charge in [0, 0.05) is 19.0 Å². The molecule has 0 unspecified atom stereocenters. The summed E-state index contributed by atoms with van der Waals surface area (Å²) in [4.78, 5) is 10.6. The third-order valence-corrected chi connectivity index (χ3v) is 2.18. The molecule has 0 amide bonds. The number of hydrogen-bond donors (Lipinski definition) is 1. The minimum atomic E-state index is -0.393. The largest absolute Gasteiger partial charge is 0.391 e. The molecule has 0 saturated heterocycles. The molecule has 0 saturated carbocycles. The van der Waals surface area contributed by atoms with E-state index in [1.165, 1.54) is 25.3 Å². The van der Waals surface area contributed by atoms with Crippen LogP contribution in [0.4, 0.5) is 0 Å². The van der Waals surface area contributed by atoms with Gasteiger partial charge in [-0.25, -0.2) is 4.79 Å². The summed E-state index contributed by atoms with van der Waals surface area (Å²) in [6.07, 6.45) is 9.16. The lowest BCUT2D eigenvalue weighted by Crippen LogP contribution is -1.89. The molecule has 82 valence electrons. The lowest BCUT2D eigenvalue weighted by Gasteiger charge is -2.02. The maximum atomic E-state index is 10.6. The molecule has 0 heterocycles. The first-order chi connectivity index (χ1) is 6.66. The van der Waals surface area contributed by atoms with Gasteiger partial charge in [-0.3, -0.25) is 0 Å². The van der Waals surface area contributed by atoms with E-state index in [9.17, 15) is 4.79 Å². The lowest BCUT2D eigenvalue weighted by atomic mass is 10.0. The van der Waals surface area contributed by atoms with Crippen LogP contribution in [0.15, 0.2) is 12.2 Å². The fraction of sp³-hybridized carbons (Fsp3) is 0.727. The Bertz CT molecular complexity index is 176. The number of hydrogen-bond acceptors (Lipinski definition) is 3. The summed E-state index contributed by atoms with van der Waals surface area (Å²) >= 11 is 3.40. The van der Waals surface area contributed by atoms with E-state index >= 15 is 0 Å². The number of rotatable bonds is 7. The molecule has 0 fully saturated rings. The van der Waals surface area contributed by atoms with Crippen molar-refractivity contribution in [2.75, 3.05) is 0 Å². The number of thiol groups is 1. The molecule has 2 nitrogen and oxygen atoms in total. The van der Waals surface area contributed by atoms with Crippen LogP contribution in [-0.4, -0.2) is 5.97 Å². The lowest BCUT2D eigenvalue weighted by molar-refractivity contribution is -0.127. The van der Waals surface area contributed by atoms with E-state index in [4.69, 9.17) is 0 Å². The summed E-state index contributed by atoms with van der Waals surface area (Å²) in [6.45, 7) is 4.48. The number of carbonyl (C=O) groups excluding carboxylic acids is 1. The van der Waals surface area contributed by atoms with Gasteiger partial charge in [0.25, 0.3) is 0 Å². The van der Waals surface area contributed by atoms with E-state index in [-0.39, 0.29) is 0 Å². The van der Waals surface area contributed by atoms with Gasteiger partial charge in [-0.2, -0.15) is 0 Å². The predicted octanol–water partition coefficient (Wildman–Crippen LogP) is 3.54. The minimum Gasteiger partial charge on any atom is -0.391 e. The van der Waals surface area contributed by atoms with Crippen molar-refractivity contribution in [3.8, 4) is 0 Å². The van der Waals surface area contributed by atoms with Gasteiger partial charge in [0.15, 0.2) is 0 Å². The van der Waals surface area contributed by atoms with Gasteiger partial charge in [-0.15, -0.1) is 0 Å². The summed E-state index contributed by atoms with van der Waals surface area (Å²) in [5.74, 6) is 0.403. The van der Waals surface area contributed by atoms with Crippen LogP contribution in [0.25, 0.3) is 0 Å². The highest BCUT2D eigenvalue weighted by atomic mass is 32.1. The Kier molecular flexibility index (Phi) is 8.84. The van der Waals surface area contributed by atoms with Crippen molar-refractivity contribution in [1.29, 1.82) is 0 Å². The van der Waals surface area contributed by atoms with Crippen molar-refractivity contribution in [2.45, 2.75) is 46.0 Å². The second-order valence-electron chi connectivity index (χ2n) is 3.84. The molecule has 0 atom stereocenters. The molecule has 0 N–H and O–H groups in total. The highest BCUT2D eigenvalue weighted by molar-refractivity contribution is 7.75. The van der Waals surface area contributed by atoms with E-state index in [1.54, 1.807) is 0 Å². The third-order valence-electron chi connectivity index (χ3n) is 2.00. The first-order valence-corrected chi connectivity index (χ1v) is 5.55. The van der Waals surface area contributed by atoms with Gasteiger partial charge in [0.05, 0.1) is 0 Å². The molecule has 3 heteroatoms. The molecule has 0 aromatic heterocycles. The van der Waals surface area contributed by atoms with Crippen molar-refractivity contribution in [1.82, 2.24) is 0 Å². The van der Waals surface area contributed by atoms with Gasteiger partial charge in [0.1, 0.15) is 0 Å². The topological polar surface area (TPSA) is 26.3 Å². The Morgan fingerprint density at radius 3 is 2.64 bits per heavy atom.